The molecule has 3 atom stereocenters. The van der Waals surface area contributed by atoms with Crippen LogP contribution >= 0.6 is 0 Å². The highest BCUT2D eigenvalue weighted by molar-refractivity contribution is 5.92. The molecule has 38 heavy (non-hydrogen) atoms. The minimum Gasteiger partial charge on any atom is -0.444 e. The molecule has 0 saturated carbocycles. The SMILES string of the molecule is CCCC(C)NC(=O)C(c1ccccc1C)N(CCO)C(=O)C(Cc1ccccc1)NC(=O)OC(C)(C)C. The average molecular weight is 526 g/mol. The Balaban J connectivity index is 2.52. The van der Waals surface area contributed by atoms with Gasteiger partial charge in [0.15, 0.2) is 0 Å². The van der Waals surface area contributed by atoms with Gasteiger partial charge in [-0.3, -0.25) is 9.59 Å². The maximum atomic E-state index is 14.1. The molecule has 0 fully saturated rings. The quantitative estimate of drug-likeness (QED) is 0.383. The van der Waals surface area contributed by atoms with E-state index in [4.69, 9.17) is 4.74 Å². The number of rotatable bonds is 12. The second kappa shape index (κ2) is 14.5. The van der Waals surface area contributed by atoms with Crippen LogP contribution in [0.5, 0.6) is 0 Å². The summed E-state index contributed by atoms with van der Waals surface area (Å²) in [6.07, 6.45) is 1.14. The minimum absolute atomic E-state index is 0.0886. The average Bonchev–Trinajstić information content (AvgIpc) is 2.83. The molecule has 3 amide bonds. The number of carbonyl (C=O) groups is 3. The lowest BCUT2D eigenvalue weighted by Crippen LogP contribution is -2.55. The number of alkyl carbamates (subject to hydrolysis) is 1. The van der Waals surface area contributed by atoms with E-state index in [1.807, 2.05) is 75.4 Å². The van der Waals surface area contributed by atoms with Gasteiger partial charge in [-0.1, -0.05) is 67.9 Å². The first-order chi connectivity index (χ1) is 18.0. The number of benzene rings is 2. The van der Waals surface area contributed by atoms with Crippen LogP contribution in [0.15, 0.2) is 54.6 Å². The first kappa shape index (κ1) is 30.8. The van der Waals surface area contributed by atoms with Crippen molar-refractivity contribution in [1.82, 2.24) is 15.5 Å². The largest absolute Gasteiger partial charge is 0.444 e. The summed E-state index contributed by atoms with van der Waals surface area (Å²) in [5.74, 6) is -0.821. The molecule has 0 saturated heterocycles. The van der Waals surface area contributed by atoms with Gasteiger partial charge in [0.05, 0.1) is 6.61 Å². The number of aliphatic hydroxyl groups excluding tert-OH is 1. The molecule has 2 rings (SSSR count). The van der Waals surface area contributed by atoms with Gasteiger partial charge >= 0.3 is 6.09 Å². The first-order valence-corrected chi connectivity index (χ1v) is 13.3. The molecule has 0 spiro atoms. The molecule has 2 aromatic carbocycles. The van der Waals surface area contributed by atoms with Crippen LogP contribution in [0.3, 0.4) is 0 Å². The third-order valence-electron chi connectivity index (χ3n) is 6.05. The van der Waals surface area contributed by atoms with Crippen LogP contribution in [0, 0.1) is 6.92 Å². The fourth-order valence-electron chi connectivity index (χ4n) is 4.35. The van der Waals surface area contributed by atoms with Gasteiger partial charge in [-0.25, -0.2) is 4.79 Å². The molecular weight excluding hydrogens is 482 g/mol. The number of nitrogens with zero attached hydrogens (tertiary/aromatic N) is 1. The van der Waals surface area contributed by atoms with E-state index in [1.54, 1.807) is 20.8 Å². The van der Waals surface area contributed by atoms with Crippen molar-refractivity contribution in [3.8, 4) is 0 Å². The number of nitrogens with one attached hydrogen (secondary N) is 2. The summed E-state index contributed by atoms with van der Waals surface area (Å²) in [7, 11) is 0. The monoisotopic (exact) mass is 525 g/mol. The van der Waals surface area contributed by atoms with Gasteiger partial charge < -0.3 is 25.4 Å². The Kier molecular flexibility index (Phi) is 11.8. The summed E-state index contributed by atoms with van der Waals surface area (Å²) >= 11 is 0. The Labute approximate surface area is 226 Å². The molecule has 0 aromatic heterocycles. The molecule has 0 aliphatic heterocycles. The molecule has 0 aliphatic carbocycles. The highest BCUT2D eigenvalue weighted by Crippen LogP contribution is 2.26. The Morgan fingerprint density at radius 3 is 2.21 bits per heavy atom. The molecule has 208 valence electrons. The number of hydrogen-bond acceptors (Lipinski definition) is 5. The third kappa shape index (κ3) is 9.49. The first-order valence-electron chi connectivity index (χ1n) is 13.3. The lowest BCUT2D eigenvalue weighted by atomic mass is 9.96. The molecule has 8 heteroatoms. The summed E-state index contributed by atoms with van der Waals surface area (Å²) in [5.41, 5.74) is 1.57. The molecule has 3 unspecified atom stereocenters. The number of aliphatic hydroxyl groups is 1. The molecule has 0 aliphatic rings. The summed E-state index contributed by atoms with van der Waals surface area (Å²) < 4.78 is 5.44. The molecule has 0 heterocycles. The van der Waals surface area contributed by atoms with Gasteiger partial charge in [-0.05, 0) is 57.7 Å². The van der Waals surface area contributed by atoms with Gasteiger partial charge in [0.2, 0.25) is 11.8 Å². The number of amides is 3. The Bertz CT molecular complexity index is 1050. The molecule has 3 N–H and O–H groups in total. The fourth-order valence-corrected chi connectivity index (χ4v) is 4.35. The Hall–Kier alpha value is -3.39. The fraction of sp³-hybridized carbons (Fsp3) is 0.500. The zero-order chi connectivity index (χ0) is 28.3. The van der Waals surface area contributed by atoms with E-state index in [0.29, 0.717) is 5.56 Å². The highest BCUT2D eigenvalue weighted by atomic mass is 16.6. The van der Waals surface area contributed by atoms with E-state index in [0.717, 1.165) is 24.0 Å². The second-order valence-electron chi connectivity index (χ2n) is 10.6. The number of aryl methyl sites for hydroxylation is 1. The van der Waals surface area contributed by atoms with Crippen LogP contribution in [-0.4, -0.2) is 58.8 Å². The second-order valence-corrected chi connectivity index (χ2v) is 10.6. The van der Waals surface area contributed by atoms with Crippen molar-refractivity contribution in [3.63, 3.8) is 0 Å². The maximum absolute atomic E-state index is 14.1. The predicted molar refractivity (Wildman–Crippen MR) is 149 cm³/mol. The van der Waals surface area contributed by atoms with E-state index in [9.17, 15) is 19.5 Å². The lowest BCUT2D eigenvalue weighted by Gasteiger charge is -2.35. The van der Waals surface area contributed by atoms with Crippen molar-refractivity contribution >= 4 is 17.9 Å². The zero-order valence-corrected chi connectivity index (χ0v) is 23.5. The van der Waals surface area contributed by atoms with Crippen LogP contribution < -0.4 is 10.6 Å². The van der Waals surface area contributed by atoms with E-state index < -0.39 is 29.7 Å². The van der Waals surface area contributed by atoms with Crippen molar-refractivity contribution in [3.05, 3.63) is 71.3 Å². The van der Waals surface area contributed by atoms with E-state index in [1.165, 1.54) is 4.90 Å². The summed E-state index contributed by atoms with van der Waals surface area (Å²) in [5, 5.41) is 15.7. The zero-order valence-electron chi connectivity index (χ0n) is 23.5. The van der Waals surface area contributed by atoms with E-state index in [-0.39, 0.29) is 31.5 Å². The van der Waals surface area contributed by atoms with Crippen LogP contribution in [0.25, 0.3) is 0 Å². The van der Waals surface area contributed by atoms with Crippen LogP contribution in [0.1, 0.15) is 70.2 Å². The van der Waals surface area contributed by atoms with Crippen LogP contribution in [0.2, 0.25) is 0 Å². The molecule has 2 aromatic rings. The molecule has 0 radical (unpaired) electrons. The Morgan fingerprint density at radius 2 is 1.63 bits per heavy atom. The van der Waals surface area contributed by atoms with Crippen LogP contribution in [-0.2, 0) is 20.7 Å². The molecule has 8 nitrogen and oxygen atoms in total. The van der Waals surface area contributed by atoms with E-state index in [2.05, 4.69) is 10.6 Å². The molecular formula is C30H43N3O5. The highest BCUT2D eigenvalue weighted by Gasteiger charge is 2.37. The van der Waals surface area contributed by atoms with Gasteiger partial charge in [0.1, 0.15) is 17.7 Å². The summed E-state index contributed by atoms with van der Waals surface area (Å²) in [6, 6.07) is 14.6. The molecule has 0 bridgehead atoms. The van der Waals surface area contributed by atoms with Crippen LogP contribution in [0.4, 0.5) is 4.79 Å². The van der Waals surface area contributed by atoms with Crippen molar-refractivity contribution in [2.75, 3.05) is 13.2 Å². The topological polar surface area (TPSA) is 108 Å². The van der Waals surface area contributed by atoms with Crippen molar-refractivity contribution < 1.29 is 24.2 Å². The smallest absolute Gasteiger partial charge is 0.408 e. The van der Waals surface area contributed by atoms with Crippen molar-refractivity contribution in [1.29, 1.82) is 0 Å². The number of carbonyl (C=O) groups excluding carboxylic acids is 3. The summed E-state index contributed by atoms with van der Waals surface area (Å²) in [4.78, 5) is 42.0. The third-order valence-corrected chi connectivity index (χ3v) is 6.05. The van der Waals surface area contributed by atoms with Gasteiger partial charge in [-0.2, -0.15) is 0 Å². The number of ether oxygens (including phenoxy) is 1. The van der Waals surface area contributed by atoms with Gasteiger partial charge in [0, 0.05) is 19.0 Å². The van der Waals surface area contributed by atoms with Gasteiger partial charge in [-0.15, -0.1) is 0 Å². The maximum Gasteiger partial charge on any atom is 0.408 e. The normalized spacial score (nSPS) is 13.7. The van der Waals surface area contributed by atoms with Crippen molar-refractivity contribution in [2.24, 2.45) is 0 Å². The Morgan fingerprint density at radius 1 is 1.00 bits per heavy atom. The standard InChI is InChI=1S/C30H43N3O5/c1-7-13-22(3)31-27(35)26(24-17-12-11-14-21(24)2)33(18-19-34)28(36)25(20-23-15-9-8-10-16-23)32-29(37)38-30(4,5)6/h8-12,14-17,22,25-26,34H,7,13,18-20H2,1-6H3,(H,31,35)(H,32,37). The van der Waals surface area contributed by atoms with E-state index >= 15 is 0 Å². The minimum atomic E-state index is -1.02. The number of hydrogen-bond donors (Lipinski definition) is 3. The lowest BCUT2D eigenvalue weighted by molar-refractivity contribution is -0.143. The summed E-state index contributed by atoms with van der Waals surface area (Å²) in [6.45, 7) is 10.6. The van der Waals surface area contributed by atoms with Gasteiger partial charge in [0.25, 0.3) is 0 Å². The van der Waals surface area contributed by atoms with Crippen molar-refractivity contribution in [2.45, 2.75) is 84.5 Å². The predicted octanol–water partition coefficient (Wildman–Crippen LogP) is 4.30.